The first kappa shape index (κ1) is 10.9. The molecule has 0 atom stereocenters. The molecule has 0 aliphatic carbocycles. The molecule has 0 aliphatic heterocycles. The smallest absolute Gasteiger partial charge is 0.261 e. The molecule has 2 heterocycles. The highest BCUT2D eigenvalue weighted by atomic mass is 32.2. The minimum atomic E-state index is 0.587. The maximum Gasteiger partial charge on any atom is 0.261 e. The summed E-state index contributed by atoms with van der Waals surface area (Å²) in [6, 6.07) is 0. The zero-order valence-corrected chi connectivity index (χ0v) is 9.91. The summed E-state index contributed by atoms with van der Waals surface area (Å²) in [6.07, 6.45) is 4.70. The molecule has 0 unspecified atom stereocenters. The van der Waals surface area contributed by atoms with Crippen LogP contribution in [0.25, 0.3) is 0 Å². The zero-order chi connectivity index (χ0) is 11.4. The van der Waals surface area contributed by atoms with Crippen LogP contribution in [0.4, 0.5) is 5.82 Å². The fraction of sp³-hybridized carbons (Fsp3) is 0.300. The highest BCUT2D eigenvalue weighted by Gasteiger charge is 2.09. The second kappa shape index (κ2) is 4.98. The maximum atomic E-state index is 5.16. The van der Waals surface area contributed by atoms with E-state index in [1.54, 1.807) is 12.5 Å². The second-order valence-electron chi connectivity index (χ2n) is 3.08. The Labute approximate surface area is 97.7 Å². The van der Waals surface area contributed by atoms with Gasteiger partial charge in [0, 0.05) is 12.1 Å². The van der Waals surface area contributed by atoms with Gasteiger partial charge in [-0.3, -0.25) is 0 Å². The van der Waals surface area contributed by atoms with E-state index in [1.807, 2.05) is 13.8 Å². The summed E-state index contributed by atoms with van der Waals surface area (Å²) >= 11 is 1.39. The molecular formula is C10H12N4OS. The molecule has 0 aromatic carbocycles. The Bertz CT molecular complexity index is 458. The Hall–Kier alpha value is -1.56. The van der Waals surface area contributed by atoms with E-state index in [0.29, 0.717) is 5.22 Å². The summed E-state index contributed by atoms with van der Waals surface area (Å²) in [5, 5.41) is 4.62. The van der Waals surface area contributed by atoms with E-state index in [4.69, 9.17) is 4.42 Å². The standard InChI is InChI=1S/C10H12N4OS/c1-3-11-8-7(2)9(14-6-13-8)16-10-12-4-5-15-10/h4-6H,3H2,1-2H3,(H,11,13,14). The lowest BCUT2D eigenvalue weighted by molar-refractivity contribution is 0.454. The van der Waals surface area contributed by atoms with Crippen LogP contribution in [0.1, 0.15) is 12.5 Å². The molecule has 0 saturated heterocycles. The highest BCUT2D eigenvalue weighted by molar-refractivity contribution is 7.99. The van der Waals surface area contributed by atoms with Crippen LogP contribution in [0.15, 0.2) is 33.5 Å². The van der Waals surface area contributed by atoms with E-state index in [2.05, 4.69) is 20.3 Å². The SMILES string of the molecule is CCNc1ncnc(Sc2ncco2)c1C. The fourth-order valence-corrected chi connectivity index (χ4v) is 1.96. The molecule has 0 spiro atoms. The van der Waals surface area contributed by atoms with Gasteiger partial charge >= 0.3 is 0 Å². The molecule has 0 bridgehead atoms. The molecule has 0 radical (unpaired) electrons. The number of anilines is 1. The van der Waals surface area contributed by atoms with E-state index in [-0.39, 0.29) is 0 Å². The van der Waals surface area contributed by atoms with Gasteiger partial charge in [-0.15, -0.1) is 0 Å². The molecular weight excluding hydrogens is 224 g/mol. The summed E-state index contributed by atoms with van der Waals surface area (Å²) < 4.78 is 5.16. The van der Waals surface area contributed by atoms with Gasteiger partial charge in [0.2, 0.25) is 0 Å². The molecule has 16 heavy (non-hydrogen) atoms. The molecule has 2 aromatic heterocycles. The van der Waals surface area contributed by atoms with Crippen LogP contribution < -0.4 is 5.32 Å². The molecule has 2 aromatic rings. The fourth-order valence-electron chi connectivity index (χ4n) is 1.23. The van der Waals surface area contributed by atoms with E-state index in [1.165, 1.54) is 18.1 Å². The monoisotopic (exact) mass is 236 g/mol. The van der Waals surface area contributed by atoms with E-state index in [9.17, 15) is 0 Å². The van der Waals surface area contributed by atoms with Crippen LogP contribution in [-0.2, 0) is 0 Å². The summed E-state index contributed by atoms with van der Waals surface area (Å²) in [5.74, 6) is 0.853. The van der Waals surface area contributed by atoms with Crippen LogP contribution in [0.5, 0.6) is 0 Å². The lowest BCUT2D eigenvalue weighted by atomic mass is 10.3. The number of nitrogens with zero attached hydrogens (tertiary/aromatic N) is 3. The highest BCUT2D eigenvalue weighted by Crippen LogP contribution is 2.29. The summed E-state index contributed by atoms with van der Waals surface area (Å²) in [4.78, 5) is 12.4. The Morgan fingerprint density at radius 3 is 2.94 bits per heavy atom. The average molecular weight is 236 g/mol. The first-order valence-corrected chi connectivity index (χ1v) is 5.75. The largest absolute Gasteiger partial charge is 0.440 e. The number of hydrogen-bond acceptors (Lipinski definition) is 6. The lowest BCUT2D eigenvalue weighted by Gasteiger charge is -2.07. The molecule has 6 heteroatoms. The van der Waals surface area contributed by atoms with E-state index in [0.717, 1.165) is 23.0 Å². The van der Waals surface area contributed by atoms with E-state index >= 15 is 0 Å². The van der Waals surface area contributed by atoms with Gasteiger partial charge in [-0.2, -0.15) is 0 Å². The number of nitrogens with one attached hydrogen (secondary N) is 1. The van der Waals surface area contributed by atoms with Crippen LogP contribution in [0.2, 0.25) is 0 Å². The van der Waals surface area contributed by atoms with Crippen LogP contribution in [0.3, 0.4) is 0 Å². The van der Waals surface area contributed by atoms with Crippen molar-refractivity contribution < 1.29 is 4.42 Å². The third kappa shape index (κ3) is 2.33. The Morgan fingerprint density at radius 2 is 2.25 bits per heavy atom. The third-order valence-electron chi connectivity index (χ3n) is 1.98. The molecule has 0 amide bonds. The number of oxazole rings is 1. The number of hydrogen-bond donors (Lipinski definition) is 1. The van der Waals surface area contributed by atoms with E-state index < -0.39 is 0 Å². The first-order valence-electron chi connectivity index (χ1n) is 4.94. The normalized spacial score (nSPS) is 10.4. The van der Waals surface area contributed by atoms with Gasteiger partial charge in [0.15, 0.2) is 0 Å². The van der Waals surface area contributed by atoms with Crippen molar-refractivity contribution in [2.24, 2.45) is 0 Å². The number of aromatic nitrogens is 3. The minimum absolute atomic E-state index is 0.587. The van der Waals surface area contributed by atoms with Crippen molar-refractivity contribution in [1.82, 2.24) is 15.0 Å². The van der Waals surface area contributed by atoms with Gasteiger partial charge in [0.1, 0.15) is 23.4 Å². The van der Waals surface area contributed by atoms with Crippen LogP contribution in [0, 0.1) is 6.92 Å². The minimum Gasteiger partial charge on any atom is -0.440 e. The van der Waals surface area contributed by atoms with Crippen molar-refractivity contribution in [2.75, 3.05) is 11.9 Å². The molecule has 0 saturated carbocycles. The Balaban J connectivity index is 2.24. The second-order valence-corrected chi connectivity index (χ2v) is 4.02. The van der Waals surface area contributed by atoms with Crippen LogP contribution in [-0.4, -0.2) is 21.5 Å². The predicted molar refractivity (Wildman–Crippen MR) is 61.6 cm³/mol. The van der Waals surface area contributed by atoms with Crippen molar-refractivity contribution in [3.63, 3.8) is 0 Å². The summed E-state index contributed by atoms with van der Waals surface area (Å²) in [5.41, 5.74) is 1.01. The Kier molecular flexibility index (Phi) is 3.40. The number of rotatable bonds is 4. The molecule has 0 fully saturated rings. The quantitative estimate of drug-likeness (QED) is 0.822. The van der Waals surface area contributed by atoms with Crippen molar-refractivity contribution in [3.05, 3.63) is 24.4 Å². The molecule has 1 N–H and O–H groups in total. The Morgan fingerprint density at radius 1 is 1.38 bits per heavy atom. The van der Waals surface area contributed by atoms with Gasteiger partial charge in [-0.05, 0) is 25.6 Å². The molecule has 5 nitrogen and oxygen atoms in total. The van der Waals surface area contributed by atoms with Gasteiger partial charge in [0.05, 0.1) is 6.20 Å². The topological polar surface area (TPSA) is 63.8 Å². The van der Waals surface area contributed by atoms with Crippen molar-refractivity contribution in [2.45, 2.75) is 24.1 Å². The van der Waals surface area contributed by atoms with Gasteiger partial charge in [-0.25, -0.2) is 15.0 Å². The van der Waals surface area contributed by atoms with Crippen molar-refractivity contribution >= 4 is 17.6 Å². The van der Waals surface area contributed by atoms with Crippen LogP contribution >= 0.6 is 11.8 Å². The molecule has 0 aliphatic rings. The van der Waals surface area contributed by atoms with Gasteiger partial charge in [-0.1, -0.05) is 0 Å². The third-order valence-corrected chi connectivity index (χ3v) is 2.96. The van der Waals surface area contributed by atoms with Crippen molar-refractivity contribution in [3.8, 4) is 0 Å². The average Bonchev–Trinajstić information content (AvgIpc) is 2.77. The molecule has 84 valence electrons. The van der Waals surface area contributed by atoms with Gasteiger partial charge < -0.3 is 9.73 Å². The summed E-state index contributed by atoms with van der Waals surface area (Å²) in [7, 11) is 0. The predicted octanol–water partition coefficient (Wildman–Crippen LogP) is 2.36. The molecule has 2 rings (SSSR count). The summed E-state index contributed by atoms with van der Waals surface area (Å²) in [6.45, 7) is 4.84. The zero-order valence-electron chi connectivity index (χ0n) is 9.10. The maximum absolute atomic E-state index is 5.16. The first-order chi connectivity index (χ1) is 7.81. The lowest BCUT2D eigenvalue weighted by Crippen LogP contribution is -2.03. The van der Waals surface area contributed by atoms with Gasteiger partial charge in [0.25, 0.3) is 5.22 Å². The van der Waals surface area contributed by atoms with Crippen molar-refractivity contribution in [1.29, 1.82) is 0 Å².